The first-order valence-electron chi connectivity index (χ1n) is 6.81. The quantitative estimate of drug-likeness (QED) is 0.489. The van der Waals surface area contributed by atoms with Gasteiger partial charge in [-0.15, -0.1) is 13.2 Å². The number of Topliss-reactive ketones (excluding diaryl/α,β-unsaturated/α-hetero) is 1. The molecule has 1 rings (SSSR count). The lowest BCUT2D eigenvalue weighted by atomic mass is 10.0. The Kier molecular flexibility index (Phi) is 6.55. The molecule has 0 aromatic heterocycles. The number of unbranched alkanes of at least 4 members (excludes halogenated alkanes) is 4. The standard InChI is InChI=1S/C15H19F3O2/c1-2-3-4-5-6-7-14(19)12-8-10-13(11-9-12)20-15(16,17)18/h8-11H,2-7H2,1H3. The Bertz CT molecular complexity index is 410. The Morgan fingerprint density at radius 1 is 1.05 bits per heavy atom. The van der Waals surface area contributed by atoms with E-state index in [1.165, 1.54) is 12.1 Å². The van der Waals surface area contributed by atoms with Crippen LogP contribution in [0.5, 0.6) is 5.75 Å². The fourth-order valence-corrected chi connectivity index (χ4v) is 1.88. The van der Waals surface area contributed by atoms with Gasteiger partial charge >= 0.3 is 6.36 Å². The summed E-state index contributed by atoms with van der Waals surface area (Å²) in [4.78, 5) is 11.8. The maximum absolute atomic E-state index is 12.0. The van der Waals surface area contributed by atoms with Gasteiger partial charge in [0.05, 0.1) is 0 Å². The second-order valence-corrected chi connectivity index (χ2v) is 4.66. The number of benzene rings is 1. The summed E-state index contributed by atoms with van der Waals surface area (Å²) in [7, 11) is 0. The normalized spacial score (nSPS) is 11.4. The minimum Gasteiger partial charge on any atom is -0.406 e. The lowest BCUT2D eigenvalue weighted by Crippen LogP contribution is -2.17. The van der Waals surface area contributed by atoms with Gasteiger partial charge in [-0.3, -0.25) is 4.79 Å². The molecule has 0 saturated carbocycles. The van der Waals surface area contributed by atoms with E-state index < -0.39 is 6.36 Å². The minimum absolute atomic E-state index is 0.0416. The molecule has 5 heteroatoms. The molecule has 2 nitrogen and oxygen atoms in total. The smallest absolute Gasteiger partial charge is 0.406 e. The van der Waals surface area contributed by atoms with Crippen LogP contribution in [0.1, 0.15) is 55.8 Å². The molecular formula is C15H19F3O2. The summed E-state index contributed by atoms with van der Waals surface area (Å²) >= 11 is 0. The third-order valence-corrected chi connectivity index (χ3v) is 2.92. The first kappa shape index (κ1) is 16.5. The monoisotopic (exact) mass is 288 g/mol. The molecule has 0 radical (unpaired) electrons. The number of carbonyl (C=O) groups is 1. The predicted molar refractivity (Wildman–Crippen MR) is 70.8 cm³/mol. The van der Waals surface area contributed by atoms with Crippen molar-refractivity contribution in [2.75, 3.05) is 0 Å². The van der Waals surface area contributed by atoms with Crippen molar-refractivity contribution < 1.29 is 22.7 Å². The maximum atomic E-state index is 12.0. The summed E-state index contributed by atoms with van der Waals surface area (Å²) in [6, 6.07) is 5.07. The molecular weight excluding hydrogens is 269 g/mol. The van der Waals surface area contributed by atoms with Crippen LogP contribution in [0.15, 0.2) is 24.3 Å². The summed E-state index contributed by atoms with van der Waals surface area (Å²) in [6.07, 6.45) is 0.983. The number of rotatable bonds is 8. The van der Waals surface area contributed by atoms with E-state index in [0.29, 0.717) is 12.0 Å². The largest absolute Gasteiger partial charge is 0.573 e. The topological polar surface area (TPSA) is 26.3 Å². The molecule has 0 spiro atoms. The van der Waals surface area contributed by atoms with Crippen molar-refractivity contribution in [1.29, 1.82) is 0 Å². The minimum atomic E-state index is -4.70. The number of ketones is 1. The van der Waals surface area contributed by atoms with Crippen LogP contribution < -0.4 is 4.74 Å². The van der Waals surface area contributed by atoms with Crippen molar-refractivity contribution in [3.63, 3.8) is 0 Å². The van der Waals surface area contributed by atoms with E-state index in [2.05, 4.69) is 11.7 Å². The molecule has 0 N–H and O–H groups in total. The van der Waals surface area contributed by atoms with Crippen LogP contribution in [-0.2, 0) is 0 Å². The highest BCUT2D eigenvalue weighted by molar-refractivity contribution is 5.96. The average molecular weight is 288 g/mol. The van der Waals surface area contributed by atoms with Crippen molar-refractivity contribution in [2.45, 2.75) is 51.8 Å². The summed E-state index contributed by atoms with van der Waals surface area (Å²) in [5, 5.41) is 0. The fourth-order valence-electron chi connectivity index (χ4n) is 1.88. The van der Waals surface area contributed by atoms with Gasteiger partial charge in [0.15, 0.2) is 5.78 Å². The highest BCUT2D eigenvalue weighted by Crippen LogP contribution is 2.23. The van der Waals surface area contributed by atoms with E-state index in [4.69, 9.17) is 0 Å². The van der Waals surface area contributed by atoms with Crippen LogP contribution in [0.2, 0.25) is 0 Å². The Morgan fingerprint density at radius 3 is 2.20 bits per heavy atom. The van der Waals surface area contributed by atoms with Gasteiger partial charge in [-0.1, -0.05) is 32.6 Å². The van der Waals surface area contributed by atoms with Gasteiger partial charge in [-0.25, -0.2) is 0 Å². The predicted octanol–water partition coefficient (Wildman–Crippen LogP) is 5.13. The Hall–Kier alpha value is -1.52. The first-order valence-corrected chi connectivity index (χ1v) is 6.81. The number of alkyl halides is 3. The molecule has 1 aromatic rings. The Labute approximate surface area is 116 Å². The van der Waals surface area contributed by atoms with Crippen LogP contribution >= 0.6 is 0 Å². The van der Waals surface area contributed by atoms with Gasteiger partial charge < -0.3 is 4.74 Å². The molecule has 1 aromatic carbocycles. The zero-order valence-electron chi connectivity index (χ0n) is 11.5. The Balaban J connectivity index is 2.41. The second-order valence-electron chi connectivity index (χ2n) is 4.66. The van der Waals surface area contributed by atoms with Gasteiger partial charge in [0, 0.05) is 12.0 Å². The summed E-state index contributed by atoms with van der Waals surface area (Å²) < 4.78 is 39.7. The van der Waals surface area contributed by atoms with Gasteiger partial charge in [0.2, 0.25) is 0 Å². The molecule has 0 atom stereocenters. The van der Waals surface area contributed by atoms with E-state index in [1.807, 2.05) is 0 Å². The van der Waals surface area contributed by atoms with Crippen LogP contribution in [-0.4, -0.2) is 12.1 Å². The molecule has 0 heterocycles. The lowest BCUT2D eigenvalue weighted by Gasteiger charge is -2.09. The molecule has 112 valence electrons. The van der Waals surface area contributed by atoms with Crippen molar-refractivity contribution in [2.24, 2.45) is 0 Å². The Morgan fingerprint density at radius 2 is 1.65 bits per heavy atom. The molecule has 0 saturated heterocycles. The van der Waals surface area contributed by atoms with Crippen molar-refractivity contribution in [3.8, 4) is 5.75 Å². The molecule has 0 fully saturated rings. The number of hydrogen-bond donors (Lipinski definition) is 0. The van der Waals surface area contributed by atoms with Crippen LogP contribution in [0, 0.1) is 0 Å². The van der Waals surface area contributed by atoms with Crippen LogP contribution in [0.4, 0.5) is 13.2 Å². The fraction of sp³-hybridized carbons (Fsp3) is 0.533. The number of ether oxygens (including phenoxy) is 1. The summed E-state index contributed by atoms with van der Waals surface area (Å²) in [5.74, 6) is -0.350. The third-order valence-electron chi connectivity index (χ3n) is 2.92. The van der Waals surface area contributed by atoms with Gasteiger partial charge in [-0.05, 0) is 30.7 Å². The van der Waals surface area contributed by atoms with E-state index in [0.717, 1.165) is 44.2 Å². The van der Waals surface area contributed by atoms with Gasteiger partial charge in [0.25, 0.3) is 0 Å². The highest BCUT2D eigenvalue weighted by atomic mass is 19.4. The maximum Gasteiger partial charge on any atom is 0.573 e. The molecule has 20 heavy (non-hydrogen) atoms. The molecule has 0 aliphatic carbocycles. The third kappa shape index (κ3) is 6.59. The van der Waals surface area contributed by atoms with Crippen molar-refractivity contribution in [1.82, 2.24) is 0 Å². The molecule has 0 aliphatic heterocycles. The van der Waals surface area contributed by atoms with E-state index in [9.17, 15) is 18.0 Å². The summed E-state index contributed by atoms with van der Waals surface area (Å²) in [6.45, 7) is 2.12. The molecule has 0 aliphatic rings. The first-order chi connectivity index (χ1) is 9.42. The van der Waals surface area contributed by atoms with E-state index in [-0.39, 0.29) is 11.5 Å². The SMILES string of the molecule is CCCCCCCC(=O)c1ccc(OC(F)(F)F)cc1. The van der Waals surface area contributed by atoms with E-state index >= 15 is 0 Å². The lowest BCUT2D eigenvalue weighted by molar-refractivity contribution is -0.274. The number of carbonyl (C=O) groups excluding carboxylic acids is 1. The van der Waals surface area contributed by atoms with E-state index in [1.54, 1.807) is 0 Å². The number of halogens is 3. The zero-order valence-corrected chi connectivity index (χ0v) is 11.5. The molecule has 0 unspecified atom stereocenters. The zero-order chi connectivity index (χ0) is 15.0. The summed E-state index contributed by atoms with van der Waals surface area (Å²) in [5.41, 5.74) is 0.426. The van der Waals surface area contributed by atoms with Crippen LogP contribution in [0.3, 0.4) is 0 Å². The van der Waals surface area contributed by atoms with Gasteiger partial charge in [-0.2, -0.15) is 0 Å². The second kappa shape index (κ2) is 7.92. The van der Waals surface area contributed by atoms with Crippen molar-refractivity contribution in [3.05, 3.63) is 29.8 Å². The average Bonchev–Trinajstić information content (AvgIpc) is 2.37. The number of hydrogen-bond acceptors (Lipinski definition) is 2. The molecule has 0 amide bonds. The highest BCUT2D eigenvalue weighted by Gasteiger charge is 2.31. The van der Waals surface area contributed by atoms with Crippen LogP contribution in [0.25, 0.3) is 0 Å². The van der Waals surface area contributed by atoms with Crippen molar-refractivity contribution >= 4 is 5.78 Å². The van der Waals surface area contributed by atoms with Gasteiger partial charge in [0.1, 0.15) is 5.75 Å². The molecule has 0 bridgehead atoms.